The summed E-state index contributed by atoms with van der Waals surface area (Å²) in [6.07, 6.45) is 2.96. The first kappa shape index (κ1) is 21.0. The minimum atomic E-state index is -0.00754. The van der Waals surface area contributed by atoms with Crippen LogP contribution in [0.3, 0.4) is 0 Å². The number of hydrogen-bond donors (Lipinski definition) is 2. The molecule has 1 atom stereocenters. The number of hydrogen-bond acceptors (Lipinski definition) is 3. The molecule has 0 saturated carbocycles. The molecule has 1 heterocycles. The van der Waals surface area contributed by atoms with E-state index < -0.39 is 0 Å². The van der Waals surface area contributed by atoms with Crippen LogP contribution >= 0.6 is 0 Å². The summed E-state index contributed by atoms with van der Waals surface area (Å²) in [7, 11) is 5.46. The Morgan fingerprint density at radius 3 is 2.56 bits per heavy atom. The van der Waals surface area contributed by atoms with E-state index in [2.05, 4.69) is 48.4 Å². The maximum absolute atomic E-state index is 11.7. The van der Waals surface area contributed by atoms with Gasteiger partial charge in [-0.15, -0.1) is 0 Å². The number of rotatable bonds is 8. The average Bonchev–Trinajstić information content (AvgIpc) is 2.81. The van der Waals surface area contributed by atoms with Crippen molar-refractivity contribution in [3.05, 3.63) is 17.0 Å². The van der Waals surface area contributed by atoms with E-state index in [0.717, 1.165) is 31.5 Å². The van der Waals surface area contributed by atoms with Gasteiger partial charge in [0.2, 0.25) is 5.91 Å². The van der Waals surface area contributed by atoms with Crippen molar-refractivity contribution in [3.63, 3.8) is 0 Å². The molecule has 7 heteroatoms. The van der Waals surface area contributed by atoms with Gasteiger partial charge in [0.15, 0.2) is 5.96 Å². The van der Waals surface area contributed by atoms with E-state index in [9.17, 15) is 4.79 Å². The van der Waals surface area contributed by atoms with Crippen LogP contribution < -0.4 is 10.6 Å². The second-order valence-electron chi connectivity index (χ2n) is 6.71. The molecule has 1 amide bonds. The summed E-state index contributed by atoms with van der Waals surface area (Å²) in [6, 6.07) is 0.309. The maximum Gasteiger partial charge on any atom is 0.243 e. The summed E-state index contributed by atoms with van der Waals surface area (Å²) in [5.41, 5.74) is 3.64. The zero-order valence-electron chi connectivity index (χ0n) is 16.8. The van der Waals surface area contributed by atoms with Crippen LogP contribution in [0.4, 0.5) is 0 Å². The standard InChI is InChI=1S/C18H34N6O/c1-8-13(2)21-18(20-12-17(25)23(5)6)19-11-9-10-16-14(3)22-24(7)15(16)4/h13H,8-12H2,1-7H3,(H2,19,20,21). The minimum Gasteiger partial charge on any atom is -0.356 e. The third-order valence-corrected chi connectivity index (χ3v) is 4.42. The van der Waals surface area contributed by atoms with Gasteiger partial charge < -0.3 is 15.5 Å². The lowest BCUT2D eigenvalue weighted by Crippen LogP contribution is -2.43. The average molecular weight is 351 g/mol. The summed E-state index contributed by atoms with van der Waals surface area (Å²) in [4.78, 5) is 17.7. The van der Waals surface area contributed by atoms with Gasteiger partial charge >= 0.3 is 0 Å². The SMILES string of the molecule is CCC(C)NC(=NCC(=O)N(C)C)NCCCc1c(C)nn(C)c1C. The highest BCUT2D eigenvalue weighted by molar-refractivity contribution is 5.84. The maximum atomic E-state index is 11.7. The third-order valence-electron chi connectivity index (χ3n) is 4.42. The normalized spacial score (nSPS) is 12.8. The van der Waals surface area contributed by atoms with Crippen molar-refractivity contribution >= 4 is 11.9 Å². The molecule has 0 aliphatic heterocycles. The van der Waals surface area contributed by atoms with Gasteiger partial charge in [0, 0.05) is 39.4 Å². The smallest absolute Gasteiger partial charge is 0.243 e. The number of nitrogens with one attached hydrogen (secondary N) is 2. The molecule has 0 aliphatic rings. The fourth-order valence-corrected chi connectivity index (χ4v) is 2.43. The fraction of sp³-hybridized carbons (Fsp3) is 0.722. The number of aromatic nitrogens is 2. The molecule has 0 fully saturated rings. The van der Waals surface area contributed by atoms with Crippen LogP contribution in [0.1, 0.15) is 43.6 Å². The lowest BCUT2D eigenvalue weighted by Gasteiger charge is -2.17. The largest absolute Gasteiger partial charge is 0.356 e. The first-order chi connectivity index (χ1) is 11.8. The molecule has 1 aromatic rings. The second kappa shape index (κ2) is 10.1. The second-order valence-corrected chi connectivity index (χ2v) is 6.71. The summed E-state index contributed by atoms with van der Waals surface area (Å²) in [6.45, 7) is 9.33. The quantitative estimate of drug-likeness (QED) is 0.422. The van der Waals surface area contributed by atoms with E-state index in [1.165, 1.54) is 11.3 Å². The van der Waals surface area contributed by atoms with Crippen molar-refractivity contribution in [1.82, 2.24) is 25.3 Å². The van der Waals surface area contributed by atoms with Gasteiger partial charge in [0.05, 0.1) is 5.69 Å². The van der Waals surface area contributed by atoms with Crippen molar-refractivity contribution in [2.45, 2.75) is 53.0 Å². The van der Waals surface area contributed by atoms with Gasteiger partial charge in [0.1, 0.15) is 6.54 Å². The predicted octanol–water partition coefficient (Wildman–Crippen LogP) is 1.39. The van der Waals surface area contributed by atoms with Crippen LogP contribution in [-0.4, -0.2) is 59.8 Å². The monoisotopic (exact) mass is 350 g/mol. The number of carbonyl (C=O) groups is 1. The molecular weight excluding hydrogens is 316 g/mol. The van der Waals surface area contributed by atoms with Crippen molar-refractivity contribution < 1.29 is 4.79 Å². The Morgan fingerprint density at radius 2 is 2.04 bits per heavy atom. The Balaban J connectivity index is 2.56. The molecule has 0 bridgehead atoms. The third kappa shape index (κ3) is 6.76. The topological polar surface area (TPSA) is 74.6 Å². The minimum absolute atomic E-state index is 0.00754. The fourth-order valence-electron chi connectivity index (χ4n) is 2.43. The summed E-state index contributed by atoms with van der Waals surface area (Å²) < 4.78 is 1.93. The molecular formula is C18H34N6O. The molecule has 0 spiro atoms. The zero-order valence-corrected chi connectivity index (χ0v) is 16.8. The van der Waals surface area contributed by atoms with Gasteiger partial charge in [-0.05, 0) is 45.6 Å². The van der Waals surface area contributed by atoms with Gasteiger partial charge in [-0.1, -0.05) is 6.92 Å². The van der Waals surface area contributed by atoms with Crippen LogP contribution in [0, 0.1) is 13.8 Å². The predicted molar refractivity (Wildman–Crippen MR) is 103 cm³/mol. The number of aryl methyl sites for hydroxylation is 2. The highest BCUT2D eigenvalue weighted by atomic mass is 16.2. The van der Waals surface area contributed by atoms with Gasteiger partial charge in [0.25, 0.3) is 0 Å². The number of nitrogens with zero attached hydrogens (tertiary/aromatic N) is 4. The Morgan fingerprint density at radius 1 is 1.36 bits per heavy atom. The van der Waals surface area contributed by atoms with Crippen LogP contribution in [-0.2, 0) is 18.3 Å². The van der Waals surface area contributed by atoms with Crippen LogP contribution in [0.2, 0.25) is 0 Å². The summed E-state index contributed by atoms with van der Waals surface area (Å²) in [5, 5.41) is 11.1. The Labute approximate surface area is 151 Å². The number of aliphatic imine (C=N–C) groups is 1. The van der Waals surface area contributed by atoms with E-state index in [0.29, 0.717) is 12.0 Å². The highest BCUT2D eigenvalue weighted by Gasteiger charge is 2.10. The molecule has 0 saturated heterocycles. The van der Waals surface area contributed by atoms with Crippen LogP contribution in [0.5, 0.6) is 0 Å². The van der Waals surface area contributed by atoms with Crippen LogP contribution in [0.15, 0.2) is 4.99 Å². The molecule has 1 aromatic heterocycles. The Hall–Kier alpha value is -2.05. The Kier molecular flexibility index (Phi) is 8.45. The molecule has 0 aromatic carbocycles. The van der Waals surface area contributed by atoms with E-state index in [1.807, 2.05) is 11.7 Å². The molecule has 142 valence electrons. The van der Waals surface area contributed by atoms with Gasteiger partial charge in [-0.3, -0.25) is 9.48 Å². The summed E-state index contributed by atoms with van der Waals surface area (Å²) in [5.74, 6) is 0.691. The zero-order chi connectivity index (χ0) is 19.0. The van der Waals surface area contributed by atoms with E-state index >= 15 is 0 Å². The molecule has 2 N–H and O–H groups in total. The van der Waals surface area contributed by atoms with E-state index in [1.54, 1.807) is 19.0 Å². The van der Waals surface area contributed by atoms with E-state index in [4.69, 9.17) is 0 Å². The number of likely N-dealkylation sites (N-methyl/N-ethyl adjacent to an activating group) is 1. The highest BCUT2D eigenvalue weighted by Crippen LogP contribution is 2.13. The van der Waals surface area contributed by atoms with Gasteiger partial charge in [-0.2, -0.15) is 5.10 Å². The first-order valence-corrected chi connectivity index (χ1v) is 9.00. The molecule has 0 radical (unpaired) electrons. The molecule has 7 nitrogen and oxygen atoms in total. The molecule has 0 aliphatic carbocycles. The summed E-state index contributed by atoms with van der Waals surface area (Å²) >= 11 is 0. The molecule has 1 rings (SSSR count). The van der Waals surface area contributed by atoms with Crippen molar-refractivity contribution in [2.24, 2.45) is 12.0 Å². The molecule has 1 unspecified atom stereocenters. The van der Waals surface area contributed by atoms with Crippen molar-refractivity contribution in [1.29, 1.82) is 0 Å². The van der Waals surface area contributed by atoms with Crippen molar-refractivity contribution in [3.8, 4) is 0 Å². The number of guanidine groups is 1. The molecule has 25 heavy (non-hydrogen) atoms. The lowest BCUT2D eigenvalue weighted by molar-refractivity contribution is -0.127. The van der Waals surface area contributed by atoms with Crippen LogP contribution in [0.25, 0.3) is 0 Å². The number of amides is 1. The van der Waals surface area contributed by atoms with Crippen molar-refractivity contribution in [2.75, 3.05) is 27.2 Å². The number of carbonyl (C=O) groups excluding carboxylic acids is 1. The van der Waals surface area contributed by atoms with Gasteiger partial charge in [-0.25, -0.2) is 4.99 Å². The first-order valence-electron chi connectivity index (χ1n) is 9.00. The Bertz CT molecular complexity index is 591. The van der Waals surface area contributed by atoms with E-state index in [-0.39, 0.29) is 12.5 Å². The lowest BCUT2D eigenvalue weighted by atomic mass is 10.1.